The number of nitrogens with two attached hydrogens (primary N) is 1. The predicted octanol–water partition coefficient (Wildman–Crippen LogP) is 2.93. The molecule has 110 valence electrons. The van der Waals surface area contributed by atoms with E-state index in [1.165, 1.54) is 25.7 Å². The molecule has 1 aliphatic heterocycles. The third-order valence-corrected chi connectivity index (χ3v) is 5.29. The van der Waals surface area contributed by atoms with Crippen LogP contribution < -0.4 is 5.73 Å². The van der Waals surface area contributed by atoms with Crippen LogP contribution in [0.1, 0.15) is 65.2 Å². The van der Waals surface area contributed by atoms with E-state index in [9.17, 15) is 4.79 Å². The molecule has 0 spiro atoms. The number of nitrogens with zero attached hydrogens (tertiary/aromatic N) is 1. The minimum Gasteiger partial charge on any atom is -0.342 e. The molecule has 3 atom stereocenters. The minimum atomic E-state index is -0.286. The van der Waals surface area contributed by atoms with Gasteiger partial charge in [-0.1, -0.05) is 26.2 Å². The smallest absolute Gasteiger partial charge is 0.227 e. The van der Waals surface area contributed by atoms with Crippen molar-refractivity contribution in [2.24, 2.45) is 17.6 Å². The summed E-state index contributed by atoms with van der Waals surface area (Å²) in [6.45, 7) is 6.23. The van der Waals surface area contributed by atoms with E-state index < -0.39 is 0 Å². The van der Waals surface area contributed by atoms with Crippen molar-refractivity contribution in [2.45, 2.75) is 70.8 Å². The van der Waals surface area contributed by atoms with Crippen molar-refractivity contribution in [3.05, 3.63) is 0 Å². The molecular formula is C16H30N2O. The molecule has 0 radical (unpaired) electrons. The first-order valence-electron chi connectivity index (χ1n) is 8.12. The average Bonchev–Trinajstić information content (AvgIpc) is 2.62. The number of likely N-dealkylation sites (tertiary alicyclic amines) is 1. The lowest BCUT2D eigenvalue weighted by molar-refractivity contribution is -0.138. The van der Waals surface area contributed by atoms with Crippen LogP contribution in [0.3, 0.4) is 0 Å². The second-order valence-electron chi connectivity index (χ2n) is 6.83. The van der Waals surface area contributed by atoms with Gasteiger partial charge >= 0.3 is 0 Å². The van der Waals surface area contributed by atoms with Gasteiger partial charge in [-0.15, -0.1) is 0 Å². The standard InChI is InChI=1S/C16H30N2O/c1-3-13-7-6-11-18(12-9-13)15(19)14-8-4-5-10-16(14,2)17/h13-14H,3-12,17H2,1-2H3. The van der Waals surface area contributed by atoms with Crippen LogP contribution in [0.4, 0.5) is 0 Å². The Hall–Kier alpha value is -0.570. The maximum absolute atomic E-state index is 12.8. The molecule has 1 aliphatic carbocycles. The summed E-state index contributed by atoms with van der Waals surface area (Å²) >= 11 is 0. The van der Waals surface area contributed by atoms with Gasteiger partial charge in [0, 0.05) is 18.6 Å². The van der Waals surface area contributed by atoms with Crippen LogP contribution in [0.15, 0.2) is 0 Å². The highest BCUT2D eigenvalue weighted by Crippen LogP contribution is 2.33. The molecule has 1 heterocycles. The van der Waals surface area contributed by atoms with Crippen molar-refractivity contribution < 1.29 is 4.79 Å². The summed E-state index contributed by atoms with van der Waals surface area (Å²) < 4.78 is 0. The molecule has 2 aliphatic rings. The molecule has 3 unspecified atom stereocenters. The SMILES string of the molecule is CCC1CCCN(C(=O)C2CCCCC2(C)N)CC1. The first kappa shape index (κ1) is 14.8. The van der Waals surface area contributed by atoms with Crippen molar-refractivity contribution in [3.63, 3.8) is 0 Å². The van der Waals surface area contributed by atoms with Gasteiger partial charge in [0.1, 0.15) is 0 Å². The summed E-state index contributed by atoms with van der Waals surface area (Å²) in [6.07, 6.45) is 9.19. The number of amides is 1. The fourth-order valence-corrected chi connectivity index (χ4v) is 3.78. The molecule has 2 fully saturated rings. The number of hydrogen-bond acceptors (Lipinski definition) is 2. The fraction of sp³-hybridized carbons (Fsp3) is 0.938. The lowest BCUT2D eigenvalue weighted by atomic mass is 9.74. The topological polar surface area (TPSA) is 46.3 Å². The molecule has 3 nitrogen and oxygen atoms in total. The van der Waals surface area contributed by atoms with Crippen molar-refractivity contribution in [1.82, 2.24) is 4.90 Å². The van der Waals surface area contributed by atoms with Gasteiger partial charge in [-0.05, 0) is 44.9 Å². The predicted molar refractivity (Wildman–Crippen MR) is 78.8 cm³/mol. The highest BCUT2D eigenvalue weighted by Gasteiger charge is 2.39. The van der Waals surface area contributed by atoms with Crippen LogP contribution in [0.2, 0.25) is 0 Å². The van der Waals surface area contributed by atoms with Gasteiger partial charge in [0.15, 0.2) is 0 Å². The third-order valence-electron chi connectivity index (χ3n) is 5.29. The maximum atomic E-state index is 12.8. The van der Waals surface area contributed by atoms with Crippen LogP contribution in [0.25, 0.3) is 0 Å². The first-order chi connectivity index (χ1) is 9.04. The molecule has 1 amide bonds. The van der Waals surface area contributed by atoms with Crippen LogP contribution >= 0.6 is 0 Å². The van der Waals surface area contributed by atoms with Crippen molar-refractivity contribution in [1.29, 1.82) is 0 Å². The maximum Gasteiger partial charge on any atom is 0.227 e. The third kappa shape index (κ3) is 3.50. The highest BCUT2D eigenvalue weighted by molar-refractivity contribution is 5.80. The summed E-state index contributed by atoms with van der Waals surface area (Å²) in [6, 6.07) is 0. The zero-order valence-corrected chi connectivity index (χ0v) is 12.7. The summed E-state index contributed by atoms with van der Waals surface area (Å²) in [4.78, 5) is 14.9. The molecule has 0 aromatic carbocycles. The molecule has 0 aromatic rings. The molecule has 2 N–H and O–H groups in total. The molecule has 0 bridgehead atoms. The Bertz CT molecular complexity index is 314. The molecule has 1 saturated carbocycles. The van der Waals surface area contributed by atoms with Crippen molar-refractivity contribution in [3.8, 4) is 0 Å². The lowest BCUT2D eigenvalue weighted by Gasteiger charge is -2.39. The highest BCUT2D eigenvalue weighted by atomic mass is 16.2. The monoisotopic (exact) mass is 266 g/mol. The normalized spacial score (nSPS) is 36.9. The molecule has 1 saturated heterocycles. The summed E-state index contributed by atoms with van der Waals surface area (Å²) in [5.74, 6) is 1.20. The Morgan fingerprint density at radius 1 is 1.21 bits per heavy atom. The average molecular weight is 266 g/mol. The van der Waals surface area contributed by atoms with E-state index in [-0.39, 0.29) is 11.5 Å². The summed E-state index contributed by atoms with van der Waals surface area (Å²) in [5.41, 5.74) is 6.09. The zero-order valence-electron chi connectivity index (χ0n) is 12.7. The molecule has 3 heteroatoms. The number of hydrogen-bond donors (Lipinski definition) is 1. The molecular weight excluding hydrogens is 236 g/mol. The Labute approximate surface area is 117 Å². The Morgan fingerprint density at radius 3 is 2.68 bits per heavy atom. The van der Waals surface area contributed by atoms with Gasteiger partial charge in [0.05, 0.1) is 5.92 Å². The van der Waals surface area contributed by atoms with Gasteiger partial charge in [0.2, 0.25) is 5.91 Å². The van der Waals surface area contributed by atoms with Crippen LogP contribution in [0.5, 0.6) is 0 Å². The van der Waals surface area contributed by atoms with E-state index in [2.05, 4.69) is 18.7 Å². The Kier molecular flexibility index (Phi) is 4.88. The second-order valence-corrected chi connectivity index (χ2v) is 6.83. The minimum absolute atomic E-state index is 0.0550. The van der Waals surface area contributed by atoms with Gasteiger partial charge in [-0.2, -0.15) is 0 Å². The van der Waals surface area contributed by atoms with E-state index in [1.54, 1.807) is 0 Å². The Morgan fingerprint density at radius 2 is 2.00 bits per heavy atom. The van der Waals surface area contributed by atoms with Crippen molar-refractivity contribution in [2.75, 3.05) is 13.1 Å². The quantitative estimate of drug-likeness (QED) is 0.835. The van der Waals surface area contributed by atoms with Crippen LogP contribution in [0, 0.1) is 11.8 Å². The first-order valence-corrected chi connectivity index (χ1v) is 8.12. The number of carbonyl (C=O) groups excluding carboxylic acids is 1. The van der Waals surface area contributed by atoms with Gasteiger partial charge in [-0.25, -0.2) is 0 Å². The summed E-state index contributed by atoms with van der Waals surface area (Å²) in [7, 11) is 0. The Balaban J connectivity index is 1.98. The van der Waals surface area contributed by atoms with Gasteiger partial charge < -0.3 is 10.6 Å². The fourth-order valence-electron chi connectivity index (χ4n) is 3.78. The van der Waals surface area contributed by atoms with E-state index >= 15 is 0 Å². The zero-order chi connectivity index (χ0) is 13.9. The van der Waals surface area contributed by atoms with Gasteiger partial charge in [0.25, 0.3) is 0 Å². The number of carbonyl (C=O) groups is 1. The number of rotatable bonds is 2. The lowest BCUT2D eigenvalue weighted by Crippen LogP contribution is -2.53. The van der Waals surface area contributed by atoms with Gasteiger partial charge in [-0.3, -0.25) is 4.79 Å². The van der Waals surface area contributed by atoms with Crippen LogP contribution in [-0.2, 0) is 4.79 Å². The molecule has 0 aromatic heterocycles. The van der Waals surface area contributed by atoms with E-state index in [0.717, 1.165) is 44.7 Å². The van der Waals surface area contributed by atoms with Crippen LogP contribution in [-0.4, -0.2) is 29.4 Å². The van der Waals surface area contributed by atoms with Crippen molar-refractivity contribution >= 4 is 5.91 Å². The molecule has 19 heavy (non-hydrogen) atoms. The largest absolute Gasteiger partial charge is 0.342 e. The van der Waals surface area contributed by atoms with E-state index in [1.807, 2.05) is 0 Å². The molecule has 2 rings (SSSR count). The van der Waals surface area contributed by atoms with E-state index in [4.69, 9.17) is 5.73 Å². The van der Waals surface area contributed by atoms with E-state index in [0.29, 0.717) is 5.91 Å². The second kappa shape index (κ2) is 6.25. The summed E-state index contributed by atoms with van der Waals surface area (Å²) in [5, 5.41) is 0.